The highest BCUT2D eigenvalue weighted by molar-refractivity contribution is 5.69. The van der Waals surface area contributed by atoms with Gasteiger partial charge < -0.3 is 9.47 Å². The van der Waals surface area contributed by atoms with Gasteiger partial charge in [0.2, 0.25) is 0 Å². The van der Waals surface area contributed by atoms with Crippen LogP contribution in [0.2, 0.25) is 0 Å². The van der Waals surface area contributed by atoms with Crippen molar-refractivity contribution in [3.8, 4) is 11.5 Å². The summed E-state index contributed by atoms with van der Waals surface area (Å²) in [4.78, 5) is 11.1. The van der Waals surface area contributed by atoms with Crippen LogP contribution in [0.5, 0.6) is 11.5 Å². The Morgan fingerprint density at radius 2 is 1.40 bits per heavy atom. The molecule has 0 heterocycles. The van der Waals surface area contributed by atoms with Crippen LogP contribution < -0.4 is 9.47 Å². The fraction of sp³-hybridized carbons (Fsp3) is 0.409. The van der Waals surface area contributed by atoms with Gasteiger partial charge in [0.05, 0.1) is 7.11 Å². The van der Waals surface area contributed by atoms with E-state index >= 15 is 0 Å². The van der Waals surface area contributed by atoms with Crippen LogP contribution in [0.25, 0.3) is 0 Å². The Morgan fingerprint density at radius 3 is 1.88 bits per heavy atom. The SMILES string of the molecule is CC.CC.COc1ccc(C(C)(C)c2cccc(OC(C)=O)c2)cc1. The number of ether oxygens (including phenoxy) is 2. The van der Waals surface area contributed by atoms with Crippen LogP contribution in [0.3, 0.4) is 0 Å². The molecule has 0 spiro atoms. The van der Waals surface area contributed by atoms with E-state index < -0.39 is 0 Å². The van der Waals surface area contributed by atoms with Crippen molar-refractivity contribution in [1.82, 2.24) is 0 Å². The largest absolute Gasteiger partial charge is 0.497 e. The molecule has 2 aromatic carbocycles. The third-order valence-electron chi connectivity index (χ3n) is 3.63. The number of methoxy groups -OCH3 is 1. The van der Waals surface area contributed by atoms with E-state index in [2.05, 4.69) is 26.0 Å². The molecule has 3 nitrogen and oxygen atoms in total. The van der Waals surface area contributed by atoms with Crippen LogP contribution in [0.1, 0.15) is 59.6 Å². The second-order valence-electron chi connectivity index (χ2n) is 5.47. The molecule has 138 valence electrons. The van der Waals surface area contributed by atoms with Crippen molar-refractivity contribution in [2.45, 2.75) is 53.9 Å². The van der Waals surface area contributed by atoms with Gasteiger partial charge in [-0.15, -0.1) is 0 Å². The van der Waals surface area contributed by atoms with Crippen LogP contribution in [-0.4, -0.2) is 13.1 Å². The molecule has 0 aliphatic carbocycles. The lowest BCUT2D eigenvalue weighted by molar-refractivity contribution is -0.131. The molecule has 0 amide bonds. The van der Waals surface area contributed by atoms with E-state index in [9.17, 15) is 4.79 Å². The first-order valence-electron chi connectivity index (χ1n) is 8.87. The monoisotopic (exact) mass is 344 g/mol. The van der Waals surface area contributed by atoms with Crippen molar-refractivity contribution < 1.29 is 14.3 Å². The van der Waals surface area contributed by atoms with Crippen molar-refractivity contribution in [3.05, 3.63) is 59.7 Å². The zero-order valence-corrected chi connectivity index (χ0v) is 16.8. The summed E-state index contributed by atoms with van der Waals surface area (Å²) in [5, 5.41) is 0. The second kappa shape index (κ2) is 11.3. The first-order chi connectivity index (χ1) is 11.9. The number of rotatable bonds is 4. The highest BCUT2D eigenvalue weighted by Gasteiger charge is 2.23. The standard InChI is InChI=1S/C18H20O3.2C2H6/c1-13(19)21-17-7-5-6-15(12-17)18(2,3)14-8-10-16(20-4)11-9-14;2*1-2/h5-12H,1-4H3;2*1-2H3. The molecular formula is C22H32O3. The Bertz CT molecular complexity index is 628. The van der Waals surface area contributed by atoms with Gasteiger partial charge in [-0.05, 0) is 35.4 Å². The molecule has 25 heavy (non-hydrogen) atoms. The van der Waals surface area contributed by atoms with E-state index in [1.165, 1.54) is 12.5 Å². The Labute approximate surface area is 153 Å². The van der Waals surface area contributed by atoms with Gasteiger partial charge in [-0.2, -0.15) is 0 Å². The summed E-state index contributed by atoms with van der Waals surface area (Å²) in [7, 11) is 1.66. The Kier molecular flexibility index (Phi) is 10.3. The summed E-state index contributed by atoms with van der Waals surface area (Å²) in [5.74, 6) is 1.10. The maximum Gasteiger partial charge on any atom is 0.308 e. The number of hydrogen-bond donors (Lipinski definition) is 0. The van der Waals surface area contributed by atoms with Crippen LogP contribution in [0, 0.1) is 0 Å². The molecule has 0 unspecified atom stereocenters. The van der Waals surface area contributed by atoms with Gasteiger partial charge in [0.25, 0.3) is 0 Å². The summed E-state index contributed by atoms with van der Waals surface area (Å²) < 4.78 is 10.4. The average molecular weight is 344 g/mol. The number of hydrogen-bond acceptors (Lipinski definition) is 3. The molecule has 0 saturated carbocycles. The Hall–Kier alpha value is -2.29. The fourth-order valence-corrected chi connectivity index (χ4v) is 2.29. The topological polar surface area (TPSA) is 35.5 Å². The minimum atomic E-state index is -0.311. The quantitative estimate of drug-likeness (QED) is 0.504. The maximum absolute atomic E-state index is 11.1. The third kappa shape index (κ3) is 6.61. The number of esters is 1. The fourth-order valence-electron chi connectivity index (χ4n) is 2.29. The zero-order chi connectivity index (χ0) is 19.5. The van der Waals surface area contributed by atoms with Crippen LogP contribution in [0.15, 0.2) is 48.5 Å². The minimum absolute atomic E-state index is 0.192. The zero-order valence-electron chi connectivity index (χ0n) is 16.8. The van der Waals surface area contributed by atoms with E-state index in [0.29, 0.717) is 5.75 Å². The summed E-state index contributed by atoms with van der Waals surface area (Å²) in [6.07, 6.45) is 0. The van der Waals surface area contributed by atoms with Gasteiger partial charge in [0.15, 0.2) is 0 Å². The molecule has 0 aliphatic rings. The number of carbonyl (C=O) groups is 1. The molecule has 2 aromatic rings. The van der Waals surface area contributed by atoms with Gasteiger partial charge in [0.1, 0.15) is 11.5 Å². The van der Waals surface area contributed by atoms with E-state index in [1.807, 2.05) is 58.0 Å². The van der Waals surface area contributed by atoms with Crippen molar-refractivity contribution in [2.24, 2.45) is 0 Å². The summed E-state index contributed by atoms with van der Waals surface area (Å²) in [6, 6.07) is 15.6. The van der Waals surface area contributed by atoms with Crippen molar-refractivity contribution in [3.63, 3.8) is 0 Å². The first kappa shape index (κ1) is 22.7. The highest BCUT2D eigenvalue weighted by atomic mass is 16.5. The van der Waals surface area contributed by atoms with Gasteiger partial charge in [-0.3, -0.25) is 4.79 Å². The van der Waals surface area contributed by atoms with Crippen molar-refractivity contribution in [2.75, 3.05) is 7.11 Å². The van der Waals surface area contributed by atoms with Gasteiger partial charge in [-0.25, -0.2) is 0 Å². The minimum Gasteiger partial charge on any atom is -0.497 e. The molecule has 0 saturated heterocycles. The number of carbonyl (C=O) groups excluding carboxylic acids is 1. The summed E-state index contributed by atoms with van der Waals surface area (Å²) >= 11 is 0. The van der Waals surface area contributed by atoms with E-state index in [1.54, 1.807) is 13.2 Å². The molecule has 0 bridgehead atoms. The van der Waals surface area contributed by atoms with Crippen LogP contribution in [-0.2, 0) is 10.2 Å². The normalized spacial score (nSPS) is 9.76. The third-order valence-corrected chi connectivity index (χ3v) is 3.63. The maximum atomic E-state index is 11.1. The van der Waals surface area contributed by atoms with Gasteiger partial charge in [0, 0.05) is 12.3 Å². The van der Waals surface area contributed by atoms with E-state index in [-0.39, 0.29) is 11.4 Å². The predicted molar refractivity (Wildman–Crippen MR) is 106 cm³/mol. The molecular weight excluding hydrogens is 312 g/mol. The van der Waals surface area contributed by atoms with Crippen molar-refractivity contribution >= 4 is 5.97 Å². The number of benzene rings is 2. The molecule has 0 aromatic heterocycles. The lowest BCUT2D eigenvalue weighted by atomic mass is 9.78. The predicted octanol–water partition coefficient (Wildman–Crippen LogP) is 6.00. The second-order valence-corrected chi connectivity index (χ2v) is 5.47. The lowest BCUT2D eigenvalue weighted by Crippen LogP contribution is -2.19. The molecule has 0 radical (unpaired) electrons. The molecule has 0 fully saturated rings. The Morgan fingerprint density at radius 1 is 0.840 bits per heavy atom. The molecule has 0 atom stereocenters. The van der Waals surface area contributed by atoms with Crippen LogP contribution >= 0.6 is 0 Å². The van der Waals surface area contributed by atoms with Crippen LogP contribution in [0.4, 0.5) is 0 Å². The lowest BCUT2D eigenvalue weighted by Gasteiger charge is -2.26. The van der Waals surface area contributed by atoms with E-state index in [4.69, 9.17) is 9.47 Å². The molecule has 3 heteroatoms. The highest BCUT2D eigenvalue weighted by Crippen LogP contribution is 2.34. The van der Waals surface area contributed by atoms with Gasteiger partial charge >= 0.3 is 5.97 Å². The average Bonchev–Trinajstić information content (AvgIpc) is 2.65. The van der Waals surface area contributed by atoms with Crippen molar-refractivity contribution in [1.29, 1.82) is 0 Å². The van der Waals surface area contributed by atoms with Gasteiger partial charge in [-0.1, -0.05) is 65.8 Å². The summed E-state index contributed by atoms with van der Waals surface area (Å²) in [6.45, 7) is 13.7. The smallest absolute Gasteiger partial charge is 0.308 e. The molecule has 0 N–H and O–H groups in total. The molecule has 0 aliphatic heterocycles. The summed E-state index contributed by atoms with van der Waals surface area (Å²) in [5.41, 5.74) is 2.07. The Balaban J connectivity index is 0.00000134. The van der Waals surface area contributed by atoms with E-state index in [0.717, 1.165) is 11.3 Å². The molecule has 2 rings (SSSR count). The first-order valence-corrected chi connectivity index (χ1v) is 8.87.